The molecule has 68 valence electrons. The lowest BCUT2D eigenvalue weighted by Crippen LogP contribution is -2.20. The summed E-state index contributed by atoms with van der Waals surface area (Å²) >= 11 is 1.54. The molecule has 2 aromatic rings. The number of carbonyl (C=O) groups excluding carboxylic acids is 1. The molecule has 0 fully saturated rings. The van der Waals surface area contributed by atoms with Crippen LogP contribution in [0.2, 0.25) is 0 Å². The number of likely N-dealkylation sites (N-methyl/N-ethyl adjacent to an activating group) is 1. The van der Waals surface area contributed by atoms with Crippen molar-refractivity contribution >= 4 is 22.2 Å². The lowest BCUT2D eigenvalue weighted by molar-refractivity contribution is -0.120. The Morgan fingerprint density at radius 3 is 3.38 bits per heavy atom. The Kier molecular flexibility index (Phi) is 2.02. The normalized spacial score (nSPS) is 10.5. The first-order valence-electron chi connectivity index (χ1n) is 3.91. The molecule has 2 rings (SSSR count). The number of thiazole rings is 1. The van der Waals surface area contributed by atoms with Crippen LogP contribution in [0.1, 0.15) is 5.69 Å². The maximum atomic E-state index is 11.1. The van der Waals surface area contributed by atoms with E-state index in [0.717, 1.165) is 10.7 Å². The number of amides is 1. The highest BCUT2D eigenvalue weighted by Gasteiger charge is 2.06. The van der Waals surface area contributed by atoms with Crippen molar-refractivity contribution < 1.29 is 4.79 Å². The van der Waals surface area contributed by atoms with Crippen molar-refractivity contribution in [3.8, 4) is 0 Å². The van der Waals surface area contributed by atoms with Gasteiger partial charge in [-0.3, -0.25) is 9.20 Å². The van der Waals surface area contributed by atoms with Gasteiger partial charge in [-0.2, -0.15) is 0 Å². The van der Waals surface area contributed by atoms with Crippen molar-refractivity contribution in [3.05, 3.63) is 23.5 Å². The van der Waals surface area contributed by atoms with E-state index in [-0.39, 0.29) is 5.91 Å². The first-order chi connectivity index (χ1) is 6.31. The van der Waals surface area contributed by atoms with Crippen molar-refractivity contribution in [2.75, 3.05) is 7.05 Å². The average molecular weight is 195 g/mol. The molecule has 0 aromatic carbocycles. The van der Waals surface area contributed by atoms with E-state index in [1.807, 2.05) is 16.0 Å². The molecule has 0 spiro atoms. The lowest BCUT2D eigenvalue weighted by Gasteiger charge is -1.97. The summed E-state index contributed by atoms with van der Waals surface area (Å²) in [7, 11) is 1.64. The van der Waals surface area contributed by atoms with Crippen molar-refractivity contribution in [1.82, 2.24) is 14.7 Å². The van der Waals surface area contributed by atoms with Gasteiger partial charge < -0.3 is 5.32 Å². The Balaban J connectivity index is 2.33. The number of nitrogens with one attached hydrogen (secondary N) is 1. The molecule has 2 aromatic heterocycles. The highest BCUT2D eigenvalue weighted by Crippen LogP contribution is 2.14. The predicted octanol–water partition coefficient (Wildman–Crippen LogP) is 0.684. The van der Waals surface area contributed by atoms with E-state index in [0.29, 0.717) is 6.42 Å². The number of hydrogen-bond donors (Lipinski definition) is 1. The summed E-state index contributed by atoms with van der Waals surface area (Å²) in [6, 6.07) is 0. The van der Waals surface area contributed by atoms with E-state index < -0.39 is 0 Å². The van der Waals surface area contributed by atoms with Crippen LogP contribution in [0.25, 0.3) is 4.96 Å². The third-order valence-corrected chi connectivity index (χ3v) is 2.74. The van der Waals surface area contributed by atoms with Gasteiger partial charge in [0.05, 0.1) is 6.42 Å². The second-order valence-electron chi connectivity index (χ2n) is 2.66. The maximum Gasteiger partial charge on any atom is 0.225 e. The first kappa shape index (κ1) is 8.25. The second kappa shape index (κ2) is 3.18. The molecule has 0 aliphatic rings. The van der Waals surface area contributed by atoms with Crippen molar-refractivity contribution in [1.29, 1.82) is 0 Å². The van der Waals surface area contributed by atoms with E-state index in [1.165, 1.54) is 0 Å². The summed E-state index contributed by atoms with van der Waals surface area (Å²) in [5.74, 6) is 0.0217. The van der Waals surface area contributed by atoms with Crippen LogP contribution < -0.4 is 5.32 Å². The molecule has 0 saturated carbocycles. The molecule has 1 amide bonds. The van der Waals surface area contributed by atoms with Gasteiger partial charge in [-0.25, -0.2) is 4.98 Å². The summed E-state index contributed by atoms with van der Waals surface area (Å²) in [6.45, 7) is 0. The van der Waals surface area contributed by atoms with Gasteiger partial charge in [-0.15, -0.1) is 11.3 Å². The Labute approximate surface area is 79.2 Å². The minimum atomic E-state index is 0.0217. The van der Waals surface area contributed by atoms with Crippen LogP contribution in [0.15, 0.2) is 17.8 Å². The molecular weight excluding hydrogens is 186 g/mol. The van der Waals surface area contributed by atoms with Crippen molar-refractivity contribution in [3.63, 3.8) is 0 Å². The predicted molar refractivity (Wildman–Crippen MR) is 50.8 cm³/mol. The molecule has 2 heterocycles. The maximum absolute atomic E-state index is 11.1. The fourth-order valence-corrected chi connectivity index (χ4v) is 2.00. The summed E-state index contributed by atoms with van der Waals surface area (Å²) in [5, 5.41) is 4.55. The van der Waals surface area contributed by atoms with E-state index in [1.54, 1.807) is 24.6 Å². The van der Waals surface area contributed by atoms with Crippen molar-refractivity contribution in [2.24, 2.45) is 0 Å². The molecule has 0 unspecified atom stereocenters. The van der Waals surface area contributed by atoms with Crippen LogP contribution in [-0.2, 0) is 11.2 Å². The number of hydrogen-bond acceptors (Lipinski definition) is 3. The molecule has 0 atom stereocenters. The SMILES string of the molecule is CNC(=O)Cc1csc2nccn12. The van der Waals surface area contributed by atoms with Gasteiger partial charge in [0, 0.05) is 30.5 Å². The fraction of sp³-hybridized carbons (Fsp3) is 0.250. The van der Waals surface area contributed by atoms with Crippen molar-refractivity contribution in [2.45, 2.75) is 6.42 Å². The van der Waals surface area contributed by atoms with Gasteiger partial charge in [0.2, 0.25) is 5.91 Å². The van der Waals surface area contributed by atoms with Gasteiger partial charge in [-0.1, -0.05) is 0 Å². The Bertz CT molecular complexity index is 431. The Hall–Kier alpha value is -1.36. The monoisotopic (exact) mass is 195 g/mol. The highest BCUT2D eigenvalue weighted by atomic mass is 32.1. The van der Waals surface area contributed by atoms with Crippen LogP contribution in [0.4, 0.5) is 0 Å². The van der Waals surface area contributed by atoms with Crippen LogP contribution in [0.5, 0.6) is 0 Å². The van der Waals surface area contributed by atoms with Gasteiger partial charge in [-0.05, 0) is 0 Å². The molecule has 0 saturated heterocycles. The second-order valence-corrected chi connectivity index (χ2v) is 3.49. The van der Waals surface area contributed by atoms with Crippen LogP contribution in [-0.4, -0.2) is 22.3 Å². The quantitative estimate of drug-likeness (QED) is 0.766. The van der Waals surface area contributed by atoms with Crippen LogP contribution >= 0.6 is 11.3 Å². The zero-order chi connectivity index (χ0) is 9.26. The fourth-order valence-electron chi connectivity index (χ4n) is 1.15. The lowest BCUT2D eigenvalue weighted by atomic mass is 10.3. The smallest absolute Gasteiger partial charge is 0.225 e. The number of aromatic nitrogens is 2. The molecule has 0 bridgehead atoms. The molecule has 5 heteroatoms. The summed E-state index contributed by atoms with van der Waals surface area (Å²) < 4.78 is 1.93. The number of fused-ring (bicyclic) bond motifs is 1. The Morgan fingerprint density at radius 1 is 1.77 bits per heavy atom. The van der Waals surface area contributed by atoms with Gasteiger partial charge in [0.15, 0.2) is 4.96 Å². The van der Waals surface area contributed by atoms with Gasteiger partial charge in [0.1, 0.15) is 0 Å². The number of carbonyl (C=O) groups is 1. The summed E-state index contributed by atoms with van der Waals surface area (Å²) in [5.41, 5.74) is 0.983. The van der Waals surface area contributed by atoms with Gasteiger partial charge >= 0.3 is 0 Å². The molecule has 0 aliphatic carbocycles. The zero-order valence-electron chi connectivity index (χ0n) is 7.15. The average Bonchev–Trinajstić information content (AvgIpc) is 2.69. The molecular formula is C8H9N3OS. The molecule has 1 N–H and O–H groups in total. The number of imidazole rings is 1. The van der Waals surface area contributed by atoms with E-state index in [4.69, 9.17) is 0 Å². The molecule has 4 nitrogen and oxygen atoms in total. The highest BCUT2D eigenvalue weighted by molar-refractivity contribution is 7.15. The van der Waals surface area contributed by atoms with E-state index in [9.17, 15) is 4.79 Å². The summed E-state index contributed by atoms with van der Waals surface area (Å²) in [4.78, 5) is 16.2. The largest absolute Gasteiger partial charge is 0.359 e. The zero-order valence-corrected chi connectivity index (χ0v) is 7.97. The van der Waals surface area contributed by atoms with E-state index in [2.05, 4.69) is 10.3 Å². The molecule has 0 aliphatic heterocycles. The third-order valence-electron chi connectivity index (χ3n) is 1.84. The first-order valence-corrected chi connectivity index (χ1v) is 4.79. The minimum absolute atomic E-state index is 0.0217. The standard InChI is InChI=1S/C8H9N3OS/c1-9-7(12)4-6-5-13-8-10-2-3-11(6)8/h2-3,5H,4H2,1H3,(H,9,12). The number of nitrogens with zero attached hydrogens (tertiary/aromatic N) is 2. The van der Waals surface area contributed by atoms with Crippen LogP contribution in [0.3, 0.4) is 0 Å². The molecule has 13 heavy (non-hydrogen) atoms. The van der Waals surface area contributed by atoms with Gasteiger partial charge in [0.25, 0.3) is 0 Å². The topological polar surface area (TPSA) is 46.4 Å². The molecule has 0 radical (unpaired) electrons. The number of rotatable bonds is 2. The summed E-state index contributed by atoms with van der Waals surface area (Å²) in [6.07, 6.45) is 4.01. The third kappa shape index (κ3) is 1.42. The Morgan fingerprint density at radius 2 is 2.62 bits per heavy atom. The van der Waals surface area contributed by atoms with Crippen LogP contribution in [0, 0.1) is 0 Å². The van der Waals surface area contributed by atoms with E-state index >= 15 is 0 Å². The minimum Gasteiger partial charge on any atom is -0.359 e.